The highest BCUT2D eigenvalue weighted by molar-refractivity contribution is 6.32. The lowest BCUT2D eigenvalue weighted by molar-refractivity contribution is -0.120. The number of fused-ring (bicyclic) bond motifs is 1. The van der Waals surface area contributed by atoms with Crippen LogP contribution in [0.4, 0.5) is 0 Å². The van der Waals surface area contributed by atoms with Crippen molar-refractivity contribution in [2.45, 2.75) is 6.92 Å². The second-order valence-electron chi connectivity index (χ2n) is 5.83. The molecule has 0 bridgehead atoms. The number of nitrogens with zero attached hydrogens (tertiary/aromatic N) is 1. The van der Waals surface area contributed by atoms with Gasteiger partial charge in [-0.2, -0.15) is 5.10 Å². The molecule has 0 unspecified atom stereocenters. The Morgan fingerprint density at radius 3 is 2.86 bits per heavy atom. The third-order valence-corrected chi connectivity index (χ3v) is 4.09. The average Bonchev–Trinajstić information content (AvgIpc) is 3.18. The van der Waals surface area contributed by atoms with E-state index in [0.29, 0.717) is 29.2 Å². The van der Waals surface area contributed by atoms with Crippen LogP contribution in [0.15, 0.2) is 35.4 Å². The minimum Gasteiger partial charge on any atom is -0.503 e. The number of hydrogen-bond acceptors (Lipinski definition) is 7. The Labute approximate surface area is 171 Å². The van der Waals surface area contributed by atoms with Crippen molar-refractivity contribution in [3.63, 3.8) is 0 Å². The lowest BCUT2D eigenvalue weighted by Crippen LogP contribution is -2.34. The van der Waals surface area contributed by atoms with Crippen LogP contribution in [0, 0.1) is 0 Å². The van der Waals surface area contributed by atoms with Crippen molar-refractivity contribution in [3.8, 4) is 23.0 Å². The van der Waals surface area contributed by atoms with Crippen molar-refractivity contribution in [1.82, 2.24) is 10.7 Å². The third kappa shape index (κ3) is 5.08. The zero-order valence-electron chi connectivity index (χ0n) is 15.4. The van der Waals surface area contributed by atoms with Gasteiger partial charge in [-0.25, -0.2) is 5.43 Å². The van der Waals surface area contributed by atoms with Crippen LogP contribution in [0.25, 0.3) is 0 Å². The predicted molar refractivity (Wildman–Crippen MR) is 105 cm³/mol. The lowest BCUT2D eigenvalue weighted by Gasteiger charge is -2.08. The molecular formula is C19H18ClN3O6. The first kappa shape index (κ1) is 20.3. The van der Waals surface area contributed by atoms with Gasteiger partial charge in [-0.05, 0) is 42.8 Å². The molecule has 0 aliphatic carbocycles. The predicted octanol–water partition coefficient (Wildman–Crippen LogP) is 2.05. The molecule has 0 saturated heterocycles. The first-order valence-electron chi connectivity index (χ1n) is 8.63. The van der Waals surface area contributed by atoms with Crippen molar-refractivity contribution >= 4 is 29.6 Å². The summed E-state index contributed by atoms with van der Waals surface area (Å²) in [6, 6.07) is 7.74. The highest BCUT2D eigenvalue weighted by atomic mass is 35.5. The van der Waals surface area contributed by atoms with E-state index in [1.165, 1.54) is 24.4 Å². The van der Waals surface area contributed by atoms with E-state index in [4.69, 9.17) is 25.8 Å². The molecule has 9 nitrogen and oxygen atoms in total. The van der Waals surface area contributed by atoms with Gasteiger partial charge in [0.25, 0.3) is 11.8 Å². The van der Waals surface area contributed by atoms with Crippen molar-refractivity contribution in [1.29, 1.82) is 0 Å². The maximum Gasteiger partial charge on any atom is 0.259 e. The van der Waals surface area contributed by atoms with Crippen molar-refractivity contribution < 1.29 is 28.9 Å². The molecule has 10 heteroatoms. The smallest absolute Gasteiger partial charge is 0.259 e. The van der Waals surface area contributed by atoms with E-state index in [2.05, 4.69) is 15.8 Å². The molecule has 3 N–H and O–H groups in total. The standard InChI is InChI=1S/C19H18ClN3O6/c1-2-27-16-6-11(5-13(20)18(16)25)8-22-23-17(24)9-21-19(26)12-3-4-14-15(7-12)29-10-28-14/h3-8,25H,2,9-10H2,1H3,(H,21,26)(H,23,24)/b22-8-. The number of carbonyl (C=O) groups excluding carboxylic acids is 2. The minimum atomic E-state index is -0.523. The fraction of sp³-hybridized carbons (Fsp3) is 0.211. The Balaban J connectivity index is 1.51. The highest BCUT2D eigenvalue weighted by Crippen LogP contribution is 2.35. The number of carbonyl (C=O) groups is 2. The molecule has 1 aliphatic rings. The topological polar surface area (TPSA) is 118 Å². The molecule has 2 aromatic carbocycles. The van der Waals surface area contributed by atoms with Crippen molar-refractivity contribution in [3.05, 3.63) is 46.5 Å². The number of nitrogens with one attached hydrogen (secondary N) is 2. The molecule has 0 spiro atoms. The molecule has 0 fully saturated rings. The van der Waals surface area contributed by atoms with Crippen LogP contribution >= 0.6 is 11.6 Å². The molecule has 3 rings (SSSR count). The molecule has 1 aliphatic heterocycles. The van der Waals surface area contributed by atoms with Crippen LogP contribution in [-0.2, 0) is 4.79 Å². The van der Waals surface area contributed by atoms with Gasteiger partial charge in [0.2, 0.25) is 6.79 Å². The summed E-state index contributed by atoms with van der Waals surface area (Å²) in [6.07, 6.45) is 1.34. The van der Waals surface area contributed by atoms with Gasteiger partial charge in [0.05, 0.1) is 24.4 Å². The minimum absolute atomic E-state index is 0.0970. The number of amides is 2. The number of aromatic hydroxyl groups is 1. The maximum atomic E-state index is 12.1. The van der Waals surface area contributed by atoms with Crippen LogP contribution in [0.2, 0.25) is 5.02 Å². The monoisotopic (exact) mass is 419 g/mol. The molecule has 2 amide bonds. The van der Waals surface area contributed by atoms with Gasteiger partial charge in [0, 0.05) is 5.56 Å². The second-order valence-corrected chi connectivity index (χ2v) is 6.23. The first-order valence-corrected chi connectivity index (χ1v) is 9.00. The zero-order chi connectivity index (χ0) is 20.8. The van der Waals surface area contributed by atoms with Crippen molar-refractivity contribution in [2.75, 3.05) is 19.9 Å². The molecule has 1 heterocycles. The number of halogens is 1. The van der Waals surface area contributed by atoms with E-state index < -0.39 is 11.8 Å². The van der Waals surface area contributed by atoms with Gasteiger partial charge in [-0.3, -0.25) is 9.59 Å². The van der Waals surface area contributed by atoms with Gasteiger partial charge in [-0.1, -0.05) is 11.6 Å². The Bertz CT molecular complexity index is 963. The van der Waals surface area contributed by atoms with Gasteiger partial charge in [0.1, 0.15) is 0 Å². The Morgan fingerprint density at radius 2 is 2.07 bits per heavy atom. The summed E-state index contributed by atoms with van der Waals surface area (Å²) in [5.74, 6) is 0.130. The Morgan fingerprint density at radius 1 is 1.28 bits per heavy atom. The number of phenolic OH excluding ortho intramolecular Hbond substituents is 1. The van der Waals surface area contributed by atoms with Crippen molar-refractivity contribution in [2.24, 2.45) is 5.10 Å². The quantitative estimate of drug-likeness (QED) is 0.467. The lowest BCUT2D eigenvalue weighted by atomic mass is 10.2. The number of phenols is 1. The van der Waals surface area contributed by atoms with E-state index in [1.54, 1.807) is 19.1 Å². The number of hydrogen-bond donors (Lipinski definition) is 3. The van der Waals surface area contributed by atoms with Gasteiger partial charge >= 0.3 is 0 Å². The third-order valence-electron chi connectivity index (χ3n) is 3.80. The number of benzene rings is 2. The van der Waals surface area contributed by atoms with E-state index in [9.17, 15) is 14.7 Å². The van der Waals surface area contributed by atoms with Crippen LogP contribution in [0.1, 0.15) is 22.8 Å². The summed E-state index contributed by atoms with van der Waals surface area (Å²) in [5.41, 5.74) is 3.15. The van der Waals surface area contributed by atoms with Gasteiger partial charge < -0.3 is 24.6 Å². The van der Waals surface area contributed by atoms with E-state index in [0.717, 1.165) is 0 Å². The number of hydrazone groups is 1. The Hall–Kier alpha value is -3.46. The summed E-state index contributed by atoms with van der Waals surface area (Å²) in [5, 5.41) is 16.2. The SMILES string of the molecule is CCOc1cc(/C=N\NC(=O)CNC(=O)c2ccc3c(c2)OCO3)cc(Cl)c1O. The summed E-state index contributed by atoms with van der Waals surface area (Å²) in [7, 11) is 0. The molecule has 0 saturated carbocycles. The summed E-state index contributed by atoms with van der Waals surface area (Å²) < 4.78 is 15.7. The molecule has 0 atom stereocenters. The Kier molecular flexibility index (Phi) is 6.40. The fourth-order valence-electron chi connectivity index (χ4n) is 2.45. The maximum absolute atomic E-state index is 12.1. The second kappa shape index (κ2) is 9.16. The van der Waals surface area contributed by atoms with Crippen LogP contribution in [-0.4, -0.2) is 43.1 Å². The van der Waals surface area contributed by atoms with Gasteiger partial charge in [-0.15, -0.1) is 0 Å². The summed E-state index contributed by atoms with van der Waals surface area (Å²) in [4.78, 5) is 24.0. The normalized spacial score (nSPS) is 12.1. The largest absolute Gasteiger partial charge is 0.503 e. The molecule has 152 valence electrons. The molecule has 29 heavy (non-hydrogen) atoms. The molecule has 2 aromatic rings. The fourth-order valence-corrected chi connectivity index (χ4v) is 2.67. The van der Waals surface area contributed by atoms with Crippen LogP contribution < -0.4 is 25.0 Å². The summed E-state index contributed by atoms with van der Waals surface area (Å²) in [6.45, 7) is 1.96. The summed E-state index contributed by atoms with van der Waals surface area (Å²) >= 11 is 5.93. The number of ether oxygens (including phenoxy) is 3. The first-order chi connectivity index (χ1) is 14.0. The molecule has 0 radical (unpaired) electrons. The molecule has 0 aromatic heterocycles. The average molecular weight is 420 g/mol. The highest BCUT2D eigenvalue weighted by Gasteiger charge is 2.16. The van der Waals surface area contributed by atoms with E-state index in [-0.39, 0.29) is 29.9 Å². The van der Waals surface area contributed by atoms with Crippen LogP contribution in [0.3, 0.4) is 0 Å². The zero-order valence-corrected chi connectivity index (χ0v) is 16.2. The van der Waals surface area contributed by atoms with E-state index >= 15 is 0 Å². The van der Waals surface area contributed by atoms with Crippen LogP contribution in [0.5, 0.6) is 23.0 Å². The van der Waals surface area contributed by atoms with E-state index in [1.807, 2.05) is 0 Å². The number of rotatable bonds is 7. The van der Waals surface area contributed by atoms with Gasteiger partial charge in [0.15, 0.2) is 23.0 Å². The molecular weight excluding hydrogens is 402 g/mol.